The number of halogens is 2. The third-order valence-electron chi connectivity index (χ3n) is 2.89. The molecule has 2 aromatic heterocycles. The van der Waals surface area contributed by atoms with Crippen LogP contribution in [0.4, 0.5) is 5.69 Å². The highest BCUT2D eigenvalue weighted by molar-refractivity contribution is 9.10. The van der Waals surface area contributed by atoms with E-state index in [1.807, 2.05) is 18.2 Å². The number of hydrogen-bond acceptors (Lipinski definition) is 2. The Morgan fingerprint density at radius 3 is 3.05 bits per heavy atom. The van der Waals surface area contributed by atoms with E-state index in [9.17, 15) is 4.79 Å². The highest BCUT2D eigenvalue weighted by Crippen LogP contribution is 2.24. The van der Waals surface area contributed by atoms with Crippen LogP contribution in [0.3, 0.4) is 0 Å². The van der Waals surface area contributed by atoms with Gasteiger partial charge in [-0.15, -0.1) is 0 Å². The van der Waals surface area contributed by atoms with E-state index in [0.29, 0.717) is 11.3 Å². The van der Waals surface area contributed by atoms with Crippen molar-refractivity contribution in [1.29, 1.82) is 0 Å². The van der Waals surface area contributed by atoms with E-state index in [-0.39, 0.29) is 11.1 Å². The van der Waals surface area contributed by atoms with Gasteiger partial charge in [0.25, 0.3) is 5.91 Å². The van der Waals surface area contributed by atoms with Gasteiger partial charge in [0.2, 0.25) is 0 Å². The molecule has 3 rings (SSSR count). The molecule has 100 valence electrons. The second-order valence-electron chi connectivity index (χ2n) is 4.19. The molecule has 0 fully saturated rings. The van der Waals surface area contributed by atoms with Crippen molar-refractivity contribution in [3.05, 3.63) is 57.9 Å². The summed E-state index contributed by atoms with van der Waals surface area (Å²) in [5.74, 6) is -0.236. The molecule has 4 nitrogen and oxygen atoms in total. The number of aromatic amines is 1. The van der Waals surface area contributed by atoms with Gasteiger partial charge in [-0.2, -0.15) is 0 Å². The van der Waals surface area contributed by atoms with Gasteiger partial charge in [-0.05, 0) is 34.1 Å². The van der Waals surface area contributed by atoms with Crippen molar-refractivity contribution in [2.24, 2.45) is 0 Å². The van der Waals surface area contributed by atoms with Crippen LogP contribution in [0, 0.1) is 0 Å². The first-order valence-electron chi connectivity index (χ1n) is 5.83. The minimum absolute atomic E-state index is 0.236. The highest BCUT2D eigenvalue weighted by Gasteiger charge is 2.13. The highest BCUT2D eigenvalue weighted by atomic mass is 79.9. The quantitative estimate of drug-likeness (QED) is 0.679. The summed E-state index contributed by atoms with van der Waals surface area (Å²) in [5, 5.41) is 4.00. The molecule has 1 amide bonds. The maximum Gasteiger partial charge on any atom is 0.257 e. The average molecular weight is 351 g/mol. The summed E-state index contributed by atoms with van der Waals surface area (Å²) >= 11 is 9.27. The van der Waals surface area contributed by atoms with E-state index in [1.165, 1.54) is 0 Å². The Morgan fingerprint density at radius 1 is 1.35 bits per heavy atom. The van der Waals surface area contributed by atoms with Gasteiger partial charge in [-0.3, -0.25) is 4.79 Å². The van der Waals surface area contributed by atoms with Gasteiger partial charge in [-0.25, -0.2) is 4.98 Å². The summed E-state index contributed by atoms with van der Waals surface area (Å²) in [7, 11) is 0. The first-order chi connectivity index (χ1) is 9.65. The number of aromatic nitrogens is 2. The Morgan fingerprint density at radius 2 is 2.20 bits per heavy atom. The minimum Gasteiger partial charge on any atom is -0.361 e. The minimum atomic E-state index is -0.236. The molecule has 0 aliphatic rings. The number of nitrogens with zero attached hydrogens (tertiary/aromatic N) is 1. The van der Waals surface area contributed by atoms with Gasteiger partial charge in [0, 0.05) is 22.3 Å². The second kappa shape index (κ2) is 5.26. The summed E-state index contributed by atoms with van der Waals surface area (Å²) in [5.41, 5.74) is 1.82. The number of para-hydroxylation sites is 1. The molecule has 0 atom stereocenters. The molecular formula is C14H9BrClN3O. The molecule has 0 saturated heterocycles. The number of H-pyrrole nitrogens is 1. The average Bonchev–Trinajstić information content (AvgIpc) is 2.91. The van der Waals surface area contributed by atoms with Crippen molar-refractivity contribution in [2.75, 3.05) is 5.32 Å². The maximum absolute atomic E-state index is 12.4. The Hall–Kier alpha value is -1.85. The Balaban J connectivity index is 1.97. The van der Waals surface area contributed by atoms with Crippen molar-refractivity contribution in [3.63, 3.8) is 0 Å². The number of rotatable bonds is 2. The van der Waals surface area contributed by atoms with Crippen molar-refractivity contribution in [3.8, 4) is 0 Å². The lowest BCUT2D eigenvalue weighted by Crippen LogP contribution is -2.13. The maximum atomic E-state index is 12.4. The molecule has 0 unspecified atom stereocenters. The summed E-state index contributed by atoms with van der Waals surface area (Å²) in [6, 6.07) is 9.16. The smallest absolute Gasteiger partial charge is 0.257 e. The molecule has 20 heavy (non-hydrogen) atoms. The largest absolute Gasteiger partial charge is 0.361 e. The molecule has 2 heterocycles. The molecule has 0 spiro atoms. The third-order valence-corrected chi connectivity index (χ3v) is 3.62. The van der Waals surface area contributed by atoms with E-state index in [0.717, 1.165) is 15.4 Å². The Kier molecular flexibility index (Phi) is 3.46. The molecule has 0 aliphatic heterocycles. The lowest BCUT2D eigenvalue weighted by Gasteiger charge is -2.08. The molecule has 0 radical (unpaired) electrons. The molecular weight excluding hydrogens is 342 g/mol. The number of fused-ring (bicyclic) bond motifs is 1. The number of anilines is 1. The zero-order valence-corrected chi connectivity index (χ0v) is 12.5. The van der Waals surface area contributed by atoms with Crippen LogP contribution in [0.1, 0.15) is 10.4 Å². The van der Waals surface area contributed by atoms with E-state index >= 15 is 0 Å². The normalized spacial score (nSPS) is 10.7. The molecule has 3 aromatic rings. The van der Waals surface area contributed by atoms with Gasteiger partial charge in [0.15, 0.2) is 5.15 Å². The van der Waals surface area contributed by atoms with Gasteiger partial charge in [0.05, 0.1) is 16.8 Å². The van der Waals surface area contributed by atoms with Crippen molar-refractivity contribution >= 4 is 50.0 Å². The standard InChI is InChI=1S/C14H9BrClN3O/c15-9-6-11(13(16)18-7-9)19-14(20)10-3-1-2-8-4-5-17-12(8)10/h1-7,17H,(H,19,20). The van der Waals surface area contributed by atoms with Gasteiger partial charge in [-0.1, -0.05) is 23.7 Å². The lowest BCUT2D eigenvalue weighted by molar-refractivity contribution is 0.102. The Labute approximate surface area is 128 Å². The van der Waals surface area contributed by atoms with Gasteiger partial charge < -0.3 is 10.3 Å². The third kappa shape index (κ3) is 2.42. The topological polar surface area (TPSA) is 57.8 Å². The number of carbonyl (C=O) groups excluding carboxylic acids is 1. The monoisotopic (exact) mass is 349 g/mol. The fraction of sp³-hybridized carbons (Fsp3) is 0. The number of benzene rings is 1. The predicted octanol–water partition coefficient (Wildman–Crippen LogP) is 4.23. The van der Waals surface area contributed by atoms with Crippen LogP contribution in [-0.2, 0) is 0 Å². The summed E-state index contributed by atoms with van der Waals surface area (Å²) < 4.78 is 0.746. The van der Waals surface area contributed by atoms with Crippen molar-refractivity contribution in [2.45, 2.75) is 0 Å². The molecule has 2 N–H and O–H groups in total. The summed E-state index contributed by atoms with van der Waals surface area (Å²) in [6.07, 6.45) is 3.37. The van der Waals surface area contributed by atoms with E-state index < -0.39 is 0 Å². The van der Waals surface area contributed by atoms with Crippen LogP contribution in [-0.4, -0.2) is 15.9 Å². The fourth-order valence-corrected chi connectivity index (χ4v) is 2.46. The number of carbonyl (C=O) groups is 1. The molecule has 0 bridgehead atoms. The first-order valence-corrected chi connectivity index (χ1v) is 7.01. The SMILES string of the molecule is O=C(Nc1cc(Br)cnc1Cl)c1cccc2cc[nH]c12. The number of amides is 1. The van der Waals surface area contributed by atoms with Crippen molar-refractivity contribution < 1.29 is 4.79 Å². The van der Waals surface area contributed by atoms with Crippen LogP contribution in [0.2, 0.25) is 5.15 Å². The molecule has 0 saturated carbocycles. The zero-order chi connectivity index (χ0) is 14.1. The lowest BCUT2D eigenvalue weighted by atomic mass is 10.1. The summed E-state index contributed by atoms with van der Waals surface area (Å²) in [6.45, 7) is 0. The van der Waals surface area contributed by atoms with E-state index in [4.69, 9.17) is 11.6 Å². The van der Waals surface area contributed by atoms with E-state index in [2.05, 4.69) is 31.2 Å². The van der Waals surface area contributed by atoms with Crippen LogP contribution < -0.4 is 5.32 Å². The number of nitrogens with one attached hydrogen (secondary N) is 2. The van der Waals surface area contributed by atoms with E-state index in [1.54, 1.807) is 24.5 Å². The van der Waals surface area contributed by atoms with Crippen LogP contribution in [0.15, 0.2) is 47.2 Å². The zero-order valence-electron chi connectivity index (χ0n) is 10.2. The summed E-state index contributed by atoms with van der Waals surface area (Å²) in [4.78, 5) is 19.4. The molecule has 0 aliphatic carbocycles. The molecule has 6 heteroatoms. The van der Waals surface area contributed by atoms with Crippen LogP contribution in [0.25, 0.3) is 10.9 Å². The fourth-order valence-electron chi connectivity index (χ4n) is 1.97. The second-order valence-corrected chi connectivity index (χ2v) is 5.47. The van der Waals surface area contributed by atoms with Gasteiger partial charge >= 0.3 is 0 Å². The Bertz CT molecular complexity index is 800. The predicted molar refractivity (Wildman–Crippen MR) is 83.2 cm³/mol. The van der Waals surface area contributed by atoms with Crippen LogP contribution in [0.5, 0.6) is 0 Å². The number of hydrogen-bond donors (Lipinski definition) is 2. The van der Waals surface area contributed by atoms with Crippen LogP contribution >= 0.6 is 27.5 Å². The van der Waals surface area contributed by atoms with Gasteiger partial charge in [0.1, 0.15) is 0 Å². The van der Waals surface area contributed by atoms with Crippen molar-refractivity contribution in [1.82, 2.24) is 9.97 Å². The first kappa shape index (κ1) is 13.1. The molecule has 1 aromatic carbocycles. The number of pyridine rings is 1.